The van der Waals surface area contributed by atoms with Crippen LogP contribution in [0.5, 0.6) is 0 Å². The van der Waals surface area contributed by atoms with Crippen LogP contribution in [0.1, 0.15) is 12.0 Å². The van der Waals surface area contributed by atoms with Gasteiger partial charge in [-0.05, 0) is 40.0 Å². The van der Waals surface area contributed by atoms with Gasteiger partial charge < -0.3 is 10.8 Å². The van der Waals surface area contributed by atoms with Crippen molar-refractivity contribution in [3.05, 3.63) is 33.3 Å². The number of benzene rings is 1. The van der Waals surface area contributed by atoms with Crippen LogP contribution in [0.3, 0.4) is 0 Å². The van der Waals surface area contributed by atoms with Gasteiger partial charge in [-0.25, -0.2) is 0 Å². The Balaban J connectivity index is 2.03. The second-order valence-corrected chi connectivity index (χ2v) is 5.93. The first kappa shape index (κ1) is 13.8. The minimum atomic E-state index is -1.11. The molecule has 1 atom stereocenters. The number of hydrogen-bond acceptors (Lipinski definition) is 3. The summed E-state index contributed by atoms with van der Waals surface area (Å²) in [5, 5.41) is 9.71. The SMILES string of the molecule is NC1(C(=O)O)CCN(Cc2ccc(Br)c(Cl)c2)C1. The number of carboxylic acid groups (broad SMARTS) is 1. The second kappa shape index (κ2) is 5.17. The Labute approximate surface area is 119 Å². The molecule has 1 fully saturated rings. The van der Waals surface area contributed by atoms with E-state index in [2.05, 4.69) is 15.9 Å². The second-order valence-electron chi connectivity index (χ2n) is 4.67. The van der Waals surface area contributed by atoms with Crippen LogP contribution in [0.25, 0.3) is 0 Å². The number of carbonyl (C=O) groups is 1. The third-order valence-corrected chi connectivity index (χ3v) is 4.43. The predicted molar refractivity (Wildman–Crippen MR) is 73.6 cm³/mol. The fourth-order valence-electron chi connectivity index (χ4n) is 2.12. The molecule has 0 radical (unpaired) electrons. The number of aliphatic carboxylic acids is 1. The Morgan fingerprint density at radius 2 is 2.33 bits per heavy atom. The highest BCUT2D eigenvalue weighted by atomic mass is 79.9. The van der Waals surface area contributed by atoms with Gasteiger partial charge in [0.2, 0.25) is 0 Å². The summed E-state index contributed by atoms with van der Waals surface area (Å²) in [5.74, 6) is -0.932. The Morgan fingerprint density at radius 1 is 1.61 bits per heavy atom. The lowest BCUT2D eigenvalue weighted by Crippen LogP contribution is -2.50. The van der Waals surface area contributed by atoms with Gasteiger partial charge in [0.1, 0.15) is 5.54 Å². The summed E-state index contributed by atoms with van der Waals surface area (Å²) < 4.78 is 0.855. The zero-order valence-corrected chi connectivity index (χ0v) is 12.0. The topological polar surface area (TPSA) is 66.6 Å². The molecule has 0 spiro atoms. The molecular weight excluding hydrogens is 320 g/mol. The van der Waals surface area contributed by atoms with Crippen LogP contribution in [0.15, 0.2) is 22.7 Å². The van der Waals surface area contributed by atoms with Crippen molar-refractivity contribution in [3.8, 4) is 0 Å². The van der Waals surface area contributed by atoms with Gasteiger partial charge in [-0.3, -0.25) is 9.69 Å². The van der Waals surface area contributed by atoms with E-state index in [-0.39, 0.29) is 0 Å². The van der Waals surface area contributed by atoms with E-state index < -0.39 is 11.5 Å². The monoisotopic (exact) mass is 332 g/mol. The van der Waals surface area contributed by atoms with Gasteiger partial charge in [0.25, 0.3) is 0 Å². The van der Waals surface area contributed by atoms with Crippen molar-refractivity contribution < 1.29 is 9.90 Å². The Morgan fingerprint density at radius 3 is 2.89 bits per heavy atom. The molecule has 98 valence electrons. The van der Waals surface area contributed by atoms with Crippen molar-refractivity contribution in [3.63, 3.8) is 0 Å². The average Bonchev–Trinajstić information content (AvgIpc) is 2.67. The highest BCUT2D eigenvalue weighted by Crippen LogP contribution is 2.26. The first-order chi connectivity index (χ1) is 8.40. The molecule has 1 heterocycles. The summed E-state index contributed by atoms with van der Waals surface area (Å²) in [6.45, 7) is 1.73. The largest absolute Gasteiger partial charge is 0.480 e. The molecule has 4 nitrogen and oxygen atoms in total. The average molecular weight is 334 g/mol. The van der Waals surface area contributed by atoms with Crippen molar-refractivity contribution >= 4 is 33.5 Å². The summed E-state index contributed by atoms with van der Waals surface area (Å²) >= 11 is 9.36. The molecule has 0 saturated carbocycles. The van der Waals surface area contributed by atoms with Crippen molar-refractivity contribution in [1.82, 2.24) is 4.90 Å². The molecule has 2 rings (SSSR count). The lowest BCUT2D eigenvalue weighted by atomic mass is 10.0. The molecule has 0 bridgehead atoms. The Kier molecular flexibility index (Phi) is 3.96. The summed E-state index contributed by atoms with van der Waals surface area (Å²) in [7, 11) is 0. The van der Waals surface area contributed by atoms with Crippen LogP contribution in [-0.2, 0) is 11.3 Å². The van der Waals surface area contributed by atoms with Crippen LogP contribution >= 0.6 is 27.5 Å². The molecule has 1 aromatic rings. The van der Waals surface area contributed by atoms with E-state index in [1.807, 2.05) is 23.1 Å². The number of nitrogens with zero attached hydrogens (tertiary/aromatic N) is 1. The Hall–Kier alpha value is -0.620. The standard InChI is InChI=1S/C12H14BrClN2O2/c13-9-2-1-8(5-10(9)14)6-16-4-3-12(15,7-16)11(17)18/h1-2,5H,3-4,6-7,15H2,(H,17,18). The summed E-state index contributed by atoms with van der Waals surface area (Å²) in [5.41, 5.74) is 5.77. The number of likely N-dealkylation sites (tertiary alicyclic amines) is 1. The zero-order chi connectivity index (χ0) is 13.3. The lowest BCUT2D eigenvalue weighted by molar-refractivity contribution is -0.142. The maximum absolute atomic E-state index is 11.0. The minimum absolute atomic E-state index is 0.371. The van der Waals surface area contributed by atoms with Crippen LogP contribution in [0, 0.1) is 0 Å². The highest BCUT2D eigenvalue weighted by molar-refractivity contribution is 9.10. The van der Waals surface area contributed by atoms with Crippen LogP contribution < -0.4 is 5.73 Å². The molecule has 18 heavy (non-hydrogen) atoms. The first-order valence-electron chi connectivity index (χ1n) is 5.59. The van der Waals surface area contributed by atoms with Crippen LogP contribution in [0.2, 0.25) is 5.02 Å². The molecule has 1 aliphatic heterocycles. The van der Waals surface area contributed by atoms with E-state index in [4.69, 9.17) is 22.4 Å². The smallest absolute Gasteiger partial charge is 0.325 e. The molecule has 0 amide bonds. The van der Waals surface area contributed by atoms with Crippen LogP contribution in [-0.4, -0.2) is 34.6 Å². The number of nitrogens with two attached hydrogens (primary N) is 1. The molecule has 0 aromatic heterocycles. The highest BCUT2D eigenvalue weighted by Gasteiger charge is 2.40. The van der Waals surface area contributed by atoms with Gasteiger partial charge in [0.05, 0.1) is 5.02 Å². The molecule has 6 heteroatoms. The van der Waals surface area contributed by atoms with Gasteiger partial charge >= 0.3 is 5.97 Å². The molecule has 3 N–H and O–H groups in total. The minimum Gasteiger partial charge on any atom is -0.480 e. The number of carboxylic acids is 1. The van der Waals surface area contributed by atoms with Gasteiger partial charge in [-0.1, -0.05) is 17.7 Å². The molecule has 1 aromatic carbocycles. The molecule has 1 unspecified atom stereocenters. The van der Waals surface area contributed by atoms with E-state index in [1.54, 1.807) is 0 Å². The molecular formula is C12H14BrClN2O2. The quantitative estimate of drug-likeness (QED) is 0.889. The maximum Gasteiger partial charge on any atom is 0.325 e. The van der Waals surface area contributed by atoms with E-state index in [0.717, 1.165) is 10.0 Å². The summed E-state index contributed by atoms with van der Waals surface area (Å²) in [6.07, 6.45) is 0.479. The zero-order valence-electron chi connectivity index (χ0n) is 9.70. The van der Waals surface area contributed by atoms with Crippen molar-refractivity contribution in [2.75, 3.05) is 13.1 Å². The predicted octanol–water partition coefficient (Wildman–Crippen LogP) is 2.09. The van der Waals surface area contributed by atoms with Crippen LogP contribution in [0.4, 0.5) is 0 Å². The number of halogens is 2. The van der Waals surface area contributed by atoms with E-state index >= 15 is 0 Å². The first-order valence-corrected chi connectivity index (χ1v) is 6.76. The van der Waals surface area contributed by atoms with E-state index in [0.29, 0.717) is 31.1 Å². The fraction of sp³-hybridized carbons (Fsp3) is 0.417. The summed E-state index contributed by atoms with van der Waals surface area (Å²) in [6, 6.07) is 5.73. The molecule has 1 saturated heterocycles. The Bertz CT molecular complexity index is 483. The fourth-order valence-corrected chi connectivity index (χ4v) is 2.57. The van der Waals surface area contributed by atoms with Gasteiger partial charge in [-0.15, -0.1) is 0 Å². The lowest BCUT2D eigenvalue weighted by Gasteiger charge is -2.20. The maximum atomic E-state index is 11.0. The van der Waals surface area contributed by atoms with Gasteiger partial charge in [-0.2, -0.15) is 0 Å². The summed E-state index contributed by atoms with van der Waals surface area (Å²) in [4.78, 5) is 13.1. The third-order valence-electron chi connectivity index (χ3n) is 3.20. The van der Waals surface area contributed by atoms with Crippen molar-refractivity contribution in [2.45, 2.75) is 18.5 Å². The van der Waals surface area contributed by atoms with Gasteiger partial charge in [0, 0.05) is 24.1 Å². The van der Waals surface area contributed by atoms with E-state index in [9.17, 15) is 4.79 Å². The third kappa shape index (κ3) is 2.85. The normalized spacial score (nSPS) is 24.4. The molecule has 0 aliphatic carbocycles. The van der Waals surface area contributed by atoms with Gasteiger partial charge in [0.15, 0.2) is 0 Å². The number of hydrogen-bond donors (Lipinski definition) is 2. The van der Waals surface area contributed by atoms with E-state index in [1.165, 1.54) is 0 Å². The van der Waals surface area contributed by atoms with Crippen molar-refractivity contribution in [2.24, 2.45) is 5.73 Å². The number of rotatable bonds is 3. The molecule has 1 aliphatic rings. The van der Waals surface area contributed by atoms with Crippen molar-refractivity contribution in [1.29, 1.82) is 0 Å².